The third-order valence-electron chi connectivity index (χ3n) is 8.47. The fourth-order valence-electron chi connectivity index (χ4n) is 7.38. The average molecular weight is 319 g/mol. The second-order valence-corrected chi connectivity index (χ2v) is 9.90. The van der Waals surface area contributed by atoms with Gasteiger partial charge in [-0.15, -0.1) is 6.58 Å². The molecule has 1 heterocycles. The van der Waals surface area contributed by atoms with Gasteiger partial charge in [0, 0.05) is 6.42 Å². The Bertz CT molecular complexity index is 526. The van der Waals surface area contributed by atoms with Crippen LogP contribution in [0.15, 0.2) is 12.7 Å². The van der Waals surface area contributed by atoms with Crippen molar-refractivity contribution in [3.05, 3.63) is 12.7 Å². The van der Waals surface area contributed by atoms with Crippen LogP contribution in [0, 0.1) is 28.6 Å². The molecule has 0 radical (unpaired) electrons. The third-order valence-corrected chi connectivity index (χ3v) is 8.47. The summed E-state index contributed by atoms with van der Waals surface area (Å²) in [4.78, 5) is 0. The molecule has 2 heteroatoms. The van der Waals surface area contributed by atoms with Crippen molar-refractivity contribution in [3.8, 4) is 0 Å². The summed E-state index contributed by atoms with van der Waals surface area (Å²) in [5.74, 6) is 1.88. The number of allylic oxidation sites excluding steroid dienone is 1. The van der Waals surface area contributed by atoms with Gasteiger partial charge in [0.05, 0.1) is 11.7 Å². The largest absolute Gasteiger partial charge is 0.344 e. The number of hydrogen-bond donors (Lipinski definition) is 0. The molecule has 1 aliphatic heterocycles. The molecule has 4 aliphatic rings. The summed E-state index contributed by atoms with van der Waals surface area (Å²) in [5.41, 5.74) is 0.751. The smallest absolute Gasteiger partial charge is 0.167 e. The van der Waals surface area contributed by atoms with E-state index in [0.29, 0.717) is 16.7 Å². The second kappa shape index (κ2) is 4.64. The van der Waals surface area contributed by atoms with Gasteiger partial charge >= 0.3 is 0 Å². The first kappa shape index (κ1) is 16.1. The molecule has 1 spiro atoms. The molecule has 4 rings (SSSR count). The minimum Gasteiger partial charge on any atom is -0.344 e. The normalized spacial score (nSPS) is 56.4. The van der Waals surface area contributed by atoms with E-state index in [0.717, 1.165) is 24.7 Å². The quantitative estimate of drug-likeness (QED) is 0.655. The Kier molecular flexibility index (Phi) is 3.25. The lowest BCUT2D eigenvalue weighted by Crippen LogP contribution is -2.52. The zero-order valence-corrected chi connectivity index (χ0v) is 15.7. The van der Waals surface area contributed by atoms with Gasteiger partial charge in [0.1, 0.15) is 0 Å². The van der Waals surface area contributed by atoms with Crippen molar-refractivity contribution in [2.24, 2.45) is 28.6 Å². The SMILES string of the molecule is C=CCCC1(C)OC2CC34CC(C(C)(C)C3CCC4C)C2(C)O1. The molecule has 0 aromatic rings. The van der Waals surface area contributed by atoms with Gasteiger partial charge in [-0.05, 0) is 74.5 Å². The molecule has 2 nitrogen and oxygen atoms in total. The van der Waals surface area contributed by atoms with Crippen LogP contribution in [0.4, 0.5) is 0 Å². The maximum absolute atomic E-state index is 6.74. The summed E-state index contributed by atoms with van der Waals surface area (Å²) in [6.45, 7) is 15.9. The van der Waals surface area contributed by atoms with E-state index in [1.165, 1.54) is 25.7 Å². The fourth-order valence-corrected chi connectivity index (χ4v) is 7.38. The van der Waals surface area contributed by atoms with Crippen LogP contribution in [0.1, 0.15) is 73.1 Å². The zero-order chi connectivity index (χ0) is 16.7. The lowest BCUT2D eigenvalue weighted by molar-refractivity contribution is -0.192. The standard InChI is InChI=1S/C21H34O2/c1-7-8-11-19(5)22-17-13-21-12-16(20(17,6)23-19)18(3,4)15(21)10-9-14(21)2/h7,14-17H,1,8-13H2,2-6H3. The average Bonchev–Trinajstić information content (AvgIpc) is 2.99. The van der Waals surface area contributed by atoms with E-state index < -0.39 is 5.79 Å². The minimum absolute atomic E-state index is 0.116. The highest BCUT2D eigenvalue weighted by Gasteiger charge is 2.74. The maximum atomic E-state index is 6.74. The van der Waals surface area contributed by atoms with Crippen LogP contribution < -0.4 is 0 Å². The van der Waals surface area contributed by atoms with Gasteiger partial charge in [-0.3, -0.25) is 0 Å². The Hall–Kier alpha value is -0.340. The summed E-state index contributed by atoms with van der Waals surface area (Å²) in [5, 5.41) is 0. The molecule has 0 aromatic carbocycles. The van der Waals surface area contributed by atoms with Crippen molar-refractivity contribution in [2.45, 2.75) is 90.6 Å². The number of fused-ring (bicyclic) bond motifs is 3. The molecule has 2 bridgehead atoms. The van der Waals surface area contributed by atoms with Crippen molar-refractivity contribution in [3.63, 3.8) is 0 Å². The van der Waals surface area contributed by atoms with Gasteiger partial charge in [0.15, 0.2) is 5.79 Å². The minimum atomic E-state index is -0.428. The van der Waals surface area contributed by atoms with Gasteiger partial charge in [0.25, 0.3) is 0 Å². The first-order chi connectivity index (χ1) is 10.7. The summed E-state index contributed by atoms with van der Waals surface area (Å²) in [6, 6.07) is 0. The van der Waals surface area contributed by atoms with Crippen LogP contribution in [0.25, 0.3) is 0 Å². The third kappa shape index (κ3) is 1.88. The molecular weight excluding hydrogens is 284 g/mol. The van der Waals surface area contributed by atoms with Gasteiger partial charge in [-0.1, -0.05) is 26.8 Å². The molecule has 0 N–H and O–H groups in total. The maximum Gasteiger partial charge on any atom is 0.167 e. The van der Waals surface area contributed by atoms with Crippen molar-refractivity contribution in [2.75, 3.05) is 0 Å². The lowest BCUT2D eigenvalue weighted by atomic mass is 9.63. The number of hydrogen-bond acceptors (Lipinski definition) is 2. The van der Waals surface area contributed by atoms with E-state index in [1.54, 1.807) is 0 Å². The Morgan fingerprint density at radius 1 is 1.09 bits per heavy atom. The second-order valence-electron chi connectivity index (χ2n) is 9.90. The number of ether oxygens (including phenoxy) is 2. The first-order valence-electron chi connectivity index (χ1n) is 9.67. The lowest BCUT2D eigenvalue weighted by Gasteiger charge is -2.47. The fraction of sp³-hybridized carbons (Fsp3) is 0.905. The highest BCUT2D eigenvalue weighted by molar-refractivity contribution is 5.21. The van der Waals surface area contributed by atoms with Gasteiger partial charge < -0.3 is 9.47 Å². The Morgan fingerprint density at radius 2 is 1.83 bits per heavy atom. The van der Waals surface area contributed by atoms with Crippen molar-refractivity contribution in [1.29, 1.82) is 0 Å². The van der Waals surface area contributed by atoms with Crippen LogP contribution in [-0.2, 0) is 9.47 Å². The topological polar surface area (TPSA) is 18.5 Å². The molecule has 3 saturated carbocycles. The Balaban J connectivity index is 1.71. The Morgan fingerprint density at radius 3 is 2.52 bits per heavy atom. The molecular formula is C21H34O2. The van der Waals surface area contributed by atoms with E-state index in [9.17, 15) is 0 Å². The van der Waals surface area contributed by atoms with Gasteiger partial charge in [0.2, 0.25) is 0 Å². The molecule has 130 valence electrons. The van der Waals surface area contributed by atoms with Gasteiger partial charge in [-0.25, -0.2) is 0 Å². The summed E-state index contributed by atoms with van der Waals surface area (Å²) < 4.78 is 13.3. The van der Waals surface area contributed by atoms with E-state index in [4.69, 9.17) is 9.47 Å². The van der Waals surface area contributed by atoms with Gasteiger partial charge in [-0.2, -0.15) is 0 Å². The van der Waals surface area contributed by atoms with Crippen molar-refractivity contribution >= 4 is 0 Å². The first-order valence-corrected chi connectivity index (χ1v) is 9.67. The molecule has 7 unspecified atom stereocenters. The van der Waals surface area contributed by atoms with Crippen molar-refractivity contribution < 1.29 is 9.47 Å². The highest BCUT2D eigenvalue weighted by atomic mass is 16.8. The molecule has 3 aliphatic carbocycles. The van der Waals surface area contributed by atoms with E-state index in [2.05, 4.69) is 41.2 Å². The van der Waals surface area contributed by atoms with E-state index >= 15 is 0 Å². The summed E-state index contributed by atoms with van der Waals surface area (Å²) in [7, 11) is 0. The predicted octanol–water partition coefficient (Wildman–Crippen LogP) is 5.33. The molecule has 1 saturated heterocycles. The van der Waals surface area contributed by atoms with Crippen LogP contribution in [0.2, 0.25) is 0 Å². The summed E-state index contributed by atoms with van der Waals surface area (Å²) in [6.07, 6.45) is 9.48. The van der Waals surface area contributed by atoms with E-state index in [1.807, 2.05) is 6.08 Å². The molecule has 7 atom stereocenters. The number of rotatable bonds is 3. The monoisotopic (exact) mass is 318 g/mol. The zero-order valence-electron chi connectivity index (χ0n) is 15.7. The molecule has 0 amide bonds. The Labute approximate surface area is 142 Å². The predicted molar refractivity (Wildman–Crippen MR) is 93.0 cm³/mol. The molecule has 4 fully saturated rings. The molecule has 23 heavy (non-hydrogen) atoms. The van der Waals surface area contributed by atoms with Crippen molar-refractivity contribution in [1.82, 2.24) is 0 Å². The van der Waals surface area contributed by atoms with Crippen LogP contribution in [-0.4, -0.2) is 17.5 Å². The summed E-state index contributed by atoms with van der Waals surface area (Å²) >= 11 is 0. The van der Waals surface area contributed by atoms with Crippen LogP contribution in [0.3, 0.4) is 0 Å². The van der Waals surface area contributed by atoms with E-state index in [-0.39, 0.29) is 11.7 Å². The molecule has 0 aromatic heterocycles. The van der Waals surface area contributed by atoms with Crippen LogP contribution in [0.5, 0.6) is 0 Å². The highest BCUT2D eigenvalue weighted by Crippen LogP contribution is 2.75. The van der Waals surface area contributed by atoms with Crippen LogP contribution >= 0.6 is 0 Å².